The van der Waals surface area contributed by atoms with Crippen molar-refractivity contribution in [3.05, 3.63) is 34.9 Å². The largest absolute Gasteiger partial charge is 0.316 e. The minimum atomic E-state index is -1.27. The molecule has 1 heterocycles. The van der Waals surface area contributed by atoms with Crippen molar-refractivity contribution in [3.8, 4) is 0 Å². The number of halogens is 2. The first-order chi connectivity index (χ1) is 6.60. The fraction of sp³-hybridized carbons (Fsp3) is 0.455. The van der Waals surface area contributed by atoms with E-state index in [2.05, 4.69) is 5.32 Å². The van der Waals surface area contributed by atoms with Gasteiger partial charge in [0, 0.05) is 24.0 Å². The molecule has 0 saturated carbocycles. The second kappa shape index (κ2) is 3.52. The van der Waals surface area contributed by atoms with E-state index >= 15 is 0 Å². The Morgan fingerprint density at radius 3 is 2.71 bits per heavy atom. The number of benzene rings is 1. The minimum Gasteiger partial charge on any atom is -0.316 e. The standard InChI is InChI=1S/C11H13ClFN/c1-11(13,9-6-14-7-9)8-3-2-4-10(12)5-8/h2-5,9,14H,6-7H2,1H3. The summed E-state index contributed by atoms with van der Waals surface area (Å²) in [5, 5.41) is 3.67. The van der Waals surface area contributed by atoms with Crippen molar-refractivity contribution < 1.29 is 4.39 Å². The molecule has 0 amide bonds. The third-order valence-electron chi connectivity index (χ3n) is 2.94. The molecule has 2 rings (SSSR count). The topological polar surface area (TPSA) is 12.0 Å². The molecule has 0 radical (unpaired) electrons. The minimum absolute atomic E-state index is 0.0703. The van der Waals surface area contributed by atoms with E-state index in [-0.39, 0.29) is 5.92 Å². The summed E-state index contributed by atoms with van der Waals surface area (Å²) in [7, 11) is 0. The molecule has 1 unspecified atom stereocenters. The van der Waals surface area contributed by atoms with Gasteiger partial charge >= 0.3 is 0 Å². The van der Waals surface area contributed by atoms with Crippen molar-refractivity contribution in [3.63, 3.8) is 0 Å². The van der Waals surface area contributed by atoms with Gasteiger partial charge in [0.25, 0.3) is 0 Å². The maximum Gasteiger partial charge on any atom is 0.138 e. The van der Waals surface area contributed by atoms with Gasteiger partial charge in [-0.2, -0.15) is 0 Å². The molecule has 1 aromatic carbocycles. The Morgan fingerprint density at radius 1 is 1.50 bits per heavy atom. The molecule has 1 saturated heterocycles. The summed E-state index contributed by atoms with van der Waals surface area (Å²) in [6.45, 7) is 3.13. The van der Waals surface area contributed by atoms with Crippen molar-refractivity contribution in [2.75, 3.05) is 13.1 Å². The summed E-state index contributed by atoms with van der Waals surface area (Å²) in [4.78, 5) is 0. The fourth-order valence-electron chi connectivity index (χ4n) is 1.70. The predicted molar refractivity (Wildman–Crippen MR) is 56.3 cm³/mol. The Morgan fingerprint density at radius 2 is 2.21 bits per heavy atom. The van der Waals surface area contributed by atoms with Crippen molar-refractivity contribution in [1.29, 1.82) is 0 Å². The van der Waals surface area contributed by atoms with Gasteiger partial charge in [-0.05, 0) is 24.6 Å². The normalized spacial score (nSPS) is 21.4. The molecule has 1 fully saturated rings. The number of nitrogens with one attached hydrogen (secondary N) is 1. The summed E-state index contributed by atoms with van der Waals surface area (Å²) < 4.78 is 14.3. The van der Waals surface area contributed by atoms with Gasteiger partial charge in [-0.3, -0.25) is 0 Å². The molecule has 1 nitrogen and oxygen atoms in total. The predicted octanol–water partition coefficient (Wildman–Crippen LogP) is 2.74. The van der Waals surface area contributed by atoms with E-state index in [0.29, 0.717) is 10.6 Å². The van der Waals surface area contributed by atoms with E-state index in [1.54, 1.807) is 31.2 Å². The number of alkyl halides is 1. The third-order valence-corrected chi connectivity index (χ3v) is 3.17. The Kier molecular flexibility index (Phi) is 2.50. The SMILES string of the molecule is CC(F)(c1cccc(Cl)c1)C1CNC1. The third kappa shape index (κ3) is 1.64. The molecule has 0 aromatic heterocycles. The van der Waals surface area contributed by atoms with Crippen molar-refractivity contribution >= 4 is 11.6 Å². The zero-order valence-electron chi connectivity index (χ0n) is 8.06. The lowest BCUT2D eigenvalue weighted by atomic mass is 9.81. The van der Waals surface area contributed by atoms with Crippen LogP contribution in [-0.4, -0.2) is 13.1 Å². The Bertz CT molecular complexity index is 334. The molecule has 0 aliphatic carbocycles. The zero-order chi connectivity index (χ0) is 10.2. The first-order valence-electron chi connectivity index (χ1n) is 4.76. The molecule has 1 aliphatic heterocycles. The monoisotopic (exact) mass is 213 g/mol. The second-order valence-corrected chi connectivity index (χ2v) is 4.38. The summed E-state index contributed by atoms with van der Waals surface area (Å²) in [6.07, 6.45) is 0. The lowest BCUT2D eigenvalue weighted by Crippen LogP contribution is -2.51. The van der Waals surface area contributed by atoms with Crippen LogP contribution in [0.4, 0.5) is 4.39 Å². The molecule has 1 aliphatic rings. The summed E-state index contributed by atoms with van der Waals surface area (Å²) >= 11 is 5.83. The van der Waals surface area contributed by atoms with Crippen molar-refractivity contribution in [2.45, 2.75) is 12.6 Å². The van der Waals surface area contributed by atoms with Gasteiger partial charge in [0.05, 0.1) is 0 Å². The first-order valence-corrected chi connectivity index (χ1v) is 5.14. The highest BCUT2D eigenvalue weighted by atomic mass is 35.5. The number of hydrogen-bond acceptors (Lipinski definition) is 1. The van der Waals surface area contributed by atoms with Crippen LogP contribution < -0.4 is 5.32 Å². The van der Waals surface area contributed by atoms with Crippen LogP contribution in [0.15, 0.2) is 24.3 Å². The van der Waals surface area contributed by atoms with Crippen LogP contribution in [0.25, 0.3) is 0 Å². The maximum atomic E-state index is 14.3. The van der Waals surface area contributed by atoms with Crippen molar-refractivity contribution in [1.82, 2.24) is 5.32 Å². The van der Waals surface area contributed by atoms with Crippen LogP contribution in [-0.2, 0) is 5.67 Å². The van der Waals surface area contributed by atoms with E-state index in [0.717, 1.165) is 13.1 Å². The maximum absolute atomic E-state index is 14.3. The van der Waals surface area contributed by atoms with Gasteiger partial charge < -0.3 is 5.32 Å². The molecule has 1 N–H and O–H groups in total. The zero-order valence-corrected chi connectivity index (χ0v) is 8.81. The van der Waals surface area contributed by atoms with Crippen LogP contribution in [0.3, 0.4) is 0 Å². The molecule has 3 heteroatoms. The molecule has 76 valence electrons. The second-order valence-electron chi connectivity index (χ2n) is 3.94. The van der Waals surface area contributed by atoms with Crippen LogP contribution in [0.2, 0.25) is 5.02 Å². The summed E-state index contributed by atoms with van der Waals surface area (Å²) in [5.74, 6) is 0.0703. The molecule has 1 atom stereocenters. The van der Waals surface area contributed by atoms with Gasteiger partial charge in [-0.1, -0.05) is 23.7 Å². The van der Waals surface area contributed by atoms with Crippen molar-refractivity contribution in [2.24, 2.45) is 5.92 Å². The average molecular weight is 214 g/mol. The summed E-state index contributed by atoms with van der Waals surface area (Å²) in [5.41, 5.74) is -0.590. The van der Waals surface area contributed by atoms with Gasteiger partial charge in [0.1, 0.15) is 5.67 Å². The molecular formula is C11H13ClFN. The van der Waals surface area contributed by atoms with Gasteiger partial charge in [-0.15, -0.1) is 0 Å². The van der Waals surface area contributed by atoms with E-state index in [4.69, 9.17) is 11.6 Å². The molecule has 0 bridgehead atoms. The van der Waals surface area contributed by atoms with Crippen LogP contribution in [0.5, 0.6) is 0 Å². The van der Waals surface area contributed by atoms with Crippen LogP contribution >= 0.6 is 11.6 Å². The van der Waals surface area contributed by atoms with E-state index < -0.39 is 5.67 Å². The smallest absolute Gasteiger partial charge is 0.138 e. The lowest BCUT2D eigenvalue weighted by molar-refractivity contribution is 0.0631. The Balaban J connectivity index is 2.28. The highest BCUT2D eigenvalue weighted by Gasteiger charge is 2.39. The van der Waals surface area contributed by atoms with Crippen LogP contribution in [0, 0.1) is 5.92 Å². The van der Waals surface area contributed by atoms with Gasteiger partial charge in [0.15, 0.2) is 0 Å². The number of hydrogen-bond donors (Lipinski definition) is 1. The highest BCUT2D eigenvalue weighted by molar-refractivity contribution is 6.30. The van der Waals surface area contributed by atoms with E-state index in [1.165, 1.54) is 0 Å². The Labute approximate surface area is 88.3 Å². The van der Waals surface area contributed by atoms with E-state index in [1.807, 2.05) is 0 Å². The van der Waals surface area contributed by atoms with Crippen LogP contribution in [0.1, 0.15) is 12.5 Å². The molecule has 1 aromatic rings. The number of rotatable bonds is 2. The quantitative estimate of drug-likeness (QED) is 0.797. The molecular weight excluding hydrogens is 201 g/mol. The average Bonchev–Trinajstić information content (AvgIpc) is 2.00. The van der Waals surface area contributed by atoms with Gasteiger partial charge in [0.2, 0.25) is 0 Å². The molecule has 14 heavy (non-hydrogen) atoms. The Hall–Kier alpha value is -0.600. The highest BCUT2D eigenvalue weighted by Crippen LogP contribution is 2.36. The van der Waals surface area contributed by atoms with Gasteiger partial charge in [-0.25, -0.2) is 4.39 Å². The lowest BCUT2D eigenvalue weighted by Gasteiger charge is -2.38. The van der Waals surface area contributed by atoms with E-state index in [9.17, 15) is 4.39 Å². The molecule has 0 spiro atoms. The fourth-order valence-corrected chi connectivity index (χ4v) is 1.89. The summed E-state index contributed by atoms with van der Waals surface area (Å²) in [6, 6.07) is 7.06. The first kappa shape index (κ1) is 9.94.